The number of hydrogen-bond donors (Lipinski definition) is 0. The summed E-state index contributed by atoms with van der Waals surface area (Å²) < 4.78 is 17.5. The minimum absolute atomic E-state index is 0.702. The highest BCUT2D eigenvalue weighted by atomic mass is 16.3. The van der Waals surface area contributed by atoms with E-state index in [0.29, 0.717) is 11.6 Å². The first-order valence-electron chi connectivity index (χ1n) is 36.5. The first-order chi connectivity index (χ1) is 53.5. The van der Waals surface area contributed by atoms with Gasteiger partial charge in [0.05, 0.1) is 56.0 Å². The number of fused-ring (bicyclic) bond motifs is 14. The molecule has 0 fully saturated rings. The highest BCUT2D eigenvalue weighted by Gasteiger charge is 2.23. The molecule has 0 radical (unpaired) electrons. The molecule has 0 atom stereocenters. The number of benzene rings is 16. The zero-order chi connectivity index (χ0) is 71.2. The largest absolute Gasteiger partial charge is 0.438 e. The molecule has 6 aromatic heterocycles. The normalized spacial score (nSPS) is 11.7. The number of aromatic nitrogens is 6. The molecule has 108 heavy (non-hydrogen) atoms. The molecule has 0 spiro atoms. The molecule has 8 heteroatoms. The van der Waals surface area contributed by atoms with Crippen LogP contribution in [0.3, 0.4) is 0 Å². The van der Waals surface area contributed by atoms with Gasteiger partial charge in [-0.3, -0.25) is 8.80 Å². The molecule has 504 valence electrons. The first kappa shape index (κ1) is 62.0. The fourth-order valence-electron chi connectivity index (χ4n) is 15.8. The van der Waals surface area contributed by atoms with Crippen LogP contribution < -0.4 is 0 Å². The smallest absolute Gasteiger partial charge is 0.213 e. The maximum atomic E-state index is 6.51. The van der Waals surface area contributed by atoms with E-state index in [4.69, 9.17) is 28.8 Å². The fraction of sp³-hybridized carbons (Fsp3) is 0. The standard InChI is InChI=1S/2C50H31N3O/c1-3-12-36-29-40(26-22-32(36)10-1)44-31-43(51-49(52-44)41-27-23-33-11-2-4-13-37(33)30-41)39-15-9-14-38(28-39)34-20-24-35(25-21-34)48-42-16-5-6-17-45(42)53-46-18-7-8-19-47(46)54-50(48)53;1-3-12-36-28-39(26-22-32(36)10-1)44-31-43(51-49(52-44)41-27-23-33-11-2-4-13-37(33)30-41)35-24-20-34(21-25-35)38-14-9-15-40(29-38)48-42-16-5-6-17-45(42)53-46-18-7-8-19-47(46)54-50(48)53/h2*1-31H. The van der Waals surface area contributed by atoms with Crippen molar-refractivity contribution >= 4 is 98.5 Å². The van der Waals surface area contributed by atoms with Gasteiger partial charge >= 0.3 is 0 Å². The minimum Gasteiger partial charge on any atom is -0.438 e. The number of para-hydroxylation sites is 6. The summed E-state index contributed by atoms with van der Waals surface area (Å²) in [6, 6.07) is 132. The van der Waals surface area contributed by atoms with E-state index in [2.05, 4.69) is 361 Å². The predicted molar refractivity (Wildman–Crippen MR) is 445 cm³/mol. The molecule has 0 aliphatic rings. The molecular weight excluding hydrogens is 1320 g/mol. The molecule has 8 nitrogen and oxygen atoms in total. The maximum absolute atomic E-state index is 6.51. The molecule has 0 saturated carbocycles. The predicted octanol–water partition coefficient (Wildman–Crippen LogP) is 26.5. The van der Waals surface area contributed by atoms with E-state index in [1.54, 1.807) is 0 Å². The second kappa shape index (κ2) is 25.7. The van der Waals surface area contributed by atoms with Crippen LogP contribution in [0.5, 0.6) is 0 Å². The second-order valence-electron chi connectivity index (χ2n) is 27.7. The lowest BCUT2D eigenvalue weighted by Gasteiger charge is -2.12. The van der Waals surface area contributed by atoms with Gasteiger partial charge in [0, 0.05) is 44.2 Å². The summed E-state index contributed by atoms with van der Waals surface area (Å²) >= 11 is 0. The Labute approximate surface area is 620 Å². The van der Waals surface area contributed by atoms with Gasteiger partial charge in [-0.1, -0.05) is 291 Å². The van der Waals surface area contributed by atoms with Gasteiger partial charge in [0.2, 0.25) is 11.4 Å². The van der Waals surface area contributed by atoms with E-state index >= 15 is 0 Å². The molecule has 0 bridgehead atoms. The Kier molecular flexibility index (Phi) is 14.7. The second-order valence-corrected chi connectivity index (χ2v) is 27.7. The Hall–Kier alpha value is -14.6. The van der Waals surface area contributed by atoms with Crippen molar-refractivity contribution in [1.29, 1.82) is 0 Å². The van der Waals surface area contributed by atoms with Gasteiger partial charge in [-0.25, -0.2) is 19.9 Å². The summed E-state index contributed by atoms with van der Waals surface area (Å²) in [5.41, 5.74) is 26.5. The van der Waals surface area contributed by atoms with Crippen molar-refractivity contribution in [3.8, 4) is 112 Å². The Morgan fingerprint density at radius 3 is 0.926 bits per heavy atom. The Balaban J connectivity index is 0.000000138. The highest BCUT2D eigenvalue weighted by molar-refractivity contribution is 6.09. The number of hydrogen-bond acceptors (Lipinski definition) is 6. The van der Waals surface area contributed by atoms with E-state index in [1.807, 2.05) is 24.3 Å². The van der Waals surface area contributed by atoms with E-state index < -0.39 is 0 Å². The third-order valence-corrected chi connectivity index (χ3v) is 21.2. The van der Waals surface area contributed by atoms with Crippen molar-refractivity contribution in [2.45, 2.75) is 0 Å². The van der Waals surface area contributed by atoms with Gasteiger partial charge in [0.15, 0.2) is 22.8 Å². The van der Waals surface area contributed by atoms with Crippen molar-refractivity contribution < 1.29 is 8.83 Å². The molecule has 16 aromatic carbocycles. The van der Waals surface area contributed by atoms with E-state index in [9.17, 15) is 0 Å². The fourth-order valence-corrected chi connectivity index (χ4v) is 15.8. The Morgan fingerprint density at radius 2 is 0.481 bits per heavy atom. The van der Waals surface area contributed by atoms with Gasteiger partial charge in [-0.2, -0.15) is 0 Å². The summed E-state index contributed by atoms with van der Waals surface area (Å²) in [6.45, 7) is 0. The molecule has 0 unspecified atom stereocenters. The van der Waals surface area contributed by atoms with Crippen molar-refractivity contribution in [2.24, 2.45) is 0 Å². The average molecular weight is 1380 g/mol. The SMILES string of the molecule is c1cc(-c2ccc(-c3c4ccccc4n4c3oc3ccccc34)cc2)cc(-c2cc(-c3ccc4ccccc4c3)nc(-c3ccc4ccccc4c3)n2)c1.c1cc(-c2ccc(-c3cc(-c4ccc5ccccc5c4)nc(-c4ccc5ccccc5c4)n3)cc2)cc(-c2c3ccccc3n3c2oc2ccccc23)c1. The summed E-state index contributed by atoms with van der Waals surface area (Å²) in [5, 5.41) is 11.8. The van der Waals surface area contributed by atoms with Crippen LogP contribution in [0, 0.1) is 0 Å². The zero-order valence-electron chi connectivity index (χ0n) is 58.3. The summed E-state index contributed by atoms with van der Waals surface area (Å²) in [7, 11) is 0. The van der Waals surface area contributed by atoms with Gasteiger partial charge in [-0.15, -0.1) is 0 Å². The van der Waals surface area contributed by atoms with E-state index in [0.717, 1.165) is 156 Å². The van der Waals surface area contributed by atoms with Crippen LogP contribution in [0.4, 0.5) is 0 Å². The molecule has 22 rings (SSSR count). The zero-order valence-corrected chi connectivity index (χ0v) is 58.3. The molecule has 0 saturated heterocycles. The lowest BCUT2D eigenvalue weighted by Crippen LogP contribution is -1.96. The molecule has 0 aliphatic heterocycles. The number of nitrogens with zero attached hydrogens (tertiary/aromatic N) is 6. The summed E-state index contributed by atoms with van der Waals surface area (Å²) in [6.07, 6.45) is 0. The Morgan fingerprint density at radius 1 is 0.185 bits per heavy atom. The molecule has 0 N–H and O–H groups in total. The average Bonchev–Trinajstić information content (AvgIpc) is 1.56. The highest BCUT2D eigenvalue weighted by Crippen LogP contribution is 2.44. The van der Waals surface area contributed by atoms with Crippen LogP contribution in [0.2, 0.25) is 0 Å². The van der Waals surface area contributed by atoms with Crippen LogP contribution in [0.25, 0.3) is 211 Å². The third kappa shape index (κ3) is 10.9. The molecule has 0 amide bonds. The maximum Gasteiger partial charge on any atom is 0.213 e. The van der Waals surface area contributed by atoms with Gasteiger partial charge in [-0.05, 0) is 161 Å². The quantitative estimate of drug-likeness (QED) is 0.136. The monoisotopic (exact) mass is 1380 g/mol. The van der Waals surface area contributed by atoms with Gasteiger partial charge in [0.25, 0.3) is 0 Å². The lowest BCUT2D eigenvalue weighted by atomic mass is 9.97. The van der Waals surface area contributed by atoms with Crippen LogP contribution in [-0.2, 0) is 0 Å². The molecule has 22 aromatic rings. The minimum atomic E-state index is 0.702. The summed E-state index contributed by atoms with van der Waals surface area (Å²) in [4.78, 5) is 20.7. The van der Waals surface area contributed by atoms with Crippen LogP contribution >= 0.6 is 0 Å². The number of rotatable bonds is 10. The van der Waals surface area contributed by atoms with Crippen LogP contribution in [0.15, 0.2) is 385 Å². The van der Waals surface area contributed by atoms with Crippen LogP contribution in [0.1, 0.15) is 0 Å². The van der Waals surface area contributed by atoms with Crippen molar-refractivity contribution in [1.82, 2.24) is 28.7 Å². The third-order valence-electron chi connectivity index (χ3n) is 21.2. The molecule has 0 aliphatic carbocycles. The first-order valence-corrected chi connectivity index (χ1v) is 36.5. The topological polar surface area (TPSA) is 86.7 Å². The van der Waals surface area contributed by atoms with E-state index in [1.165, 1.54) is 43.1 Å². The Bertz CT molecular complexity index is 7130. The lowest BCUT2D eigenvalue weighted by molar-refractivity contribution is 0.658. The van der Waals surface area contributed by atoms with Gasteiger partial charge < -0.3 is 8.83 Å². The van der Waals surface area contributed by atoms with Crippen LogP contribution in [-0.4, -0.2) is 28.7 Å². The van der Waals surface area contributed by atoms with Crippen molar-refractivity contribution in [3.05, 3.63) is 376 Å². The molecular formula is C100H62N6O2. The van der Waals surface area contributed by atoms with Crippen molar-refractivity contribution in [3.63, 3.8) is 0 Å². The van der Waals surface area contributed by atoms with Crippen molar-refractivity contribution in [2.75, 3.05) is 0 Å². The summed E-state index contributed by atoms with van der Waals surface area (Å²) in [5.74, 6) is 1.41. The number of oxazole rings is 2. The molecule has 6 heterocycles. The van der Waals surface area contributed by atoms with E-state index in [-0.39, 0.29) is 0 Å². The van der Waals surface area contributed by atoms with Gasteiger partial charge in [0.1, 0.15) is 0 Å².